The van der Waals surface area contributed by atoms with E-state index in [2.05, 4.69) is 24.8 Å². The van der Waals surface area contributed by atoms with Crippen LogP contribution in [0.1, 0.15) is 25.8 Å². The summed E-state index contributed by atoms with van der Waals surface area (Å²) >= 11 is 6.15. The third-order valence-electron chi connectivity index (χ3n) is 2.51. The first-order chi connectivity index (χ1) is 8.13. The lowest BCUT2D eigenvalue weighted by molar-refractivity contribution is 0.241. The van der Waals surface area contributed by atoms with Crippen LogP contribution in [0.25, 0.3) is 0 Å². The monoisotopic (exact) mass is 250 g/mol. The number of nitrogens with zero attached hydrogens (tertiary/aromatic N) is 2. The van der Waals surface area contributed by atoms with Crippen LogP contribution >= 0.6 is 11.6 Å². The smallest absolute Gasteiger partial charge is 0.0635 e. The first kappa shape index (κ1) is 14.0. The van der Waals surface area contributed by atoms with Crippen LogP contribution in [-0.4, -0.2) is 18.0 Å². The number of benzene rings is 1. The van der Waals surface area contributed by atoms with Crippen LogP contribution in [0.3, 0.4) is 0 Å². The molecule has 0 atom stereocenters. The Morgan fingerprint density at radius 1 is 1.35 bits per heavy atom. The van der Waals surface area contributed by atoms with Crippen molar-refractivity contribution in [2.75, 3.05) is 13.1 Å². The largest absolute Gasteiger partial charge is 0.298 e. The molecular formula is C14H19ClN2. The molecule has 0 unspecified atom stereocenters. The van der Waals surface area contributed by atoms with E-state index in [4.69, 9.17) is 16.9 Å². The lowest BCUT2D eigenvalue weighted by Crippen LogP contribution is -2.28. The fraction of sp³-hybridized carbons (Fsp3) is 0.500. The van der Waals surface area contributed by atoms with Crippen molar-refractivity contribution in [3.63, 3.8) is 0 Å². The SMILES string of the molecule is CC(C)CN(CCC#N)Cc1ccccc1Cl. The van der Waals surface area contributed by atoms with Gasteiger partial charge in [-0.1, -0.05) is 43.6 Å². The Kier molecular flexibility index (Phi) is 6.04. The summed E-state index contributed by atoms with van der Waals surface area (Å²) in [5.74, 6) is 0.594. The number of rotatable bonds is 6. The number of nitriles is 1. The fourth-order valence-corrected chi connectivity index (χ4v) is 2.02. The van der Waals surface area contributed by atoms with E-state index in [1.54, 1.807) is 0 Å². The third kappa shape index (κ3) is 5.21. The highest BCUT2D eigenvalue weighted by Gasteiger charge is 2.09. The van der Waals surface area contributed by atoms with Gasteiger partial charge in [0.05, 0.1) is 6.07 Å². The van der Waals surface area contributed by atoms with Crippen molar-refractivity contribution in [3.05, 3.63) is 34.9 Å². The maximum Gasteiger partial charge on any atom is 0.0635 e. The molecule has 1 aromatic rings. The average Bonchev–Trinajstić information content (AvgIpc) is 2.28. The van der Waals surface area contributed by atoms with Crippen LogP contribution in [0.5, 0.6) is 0 Å². The van der Waals surface area contributed by atoms with Gasteiger partial charge in [-0.15, -0.1) is 0 Å². The second kappa shape index (κ2) is 7.32. The van der Waals surface area contributed by atoms with Crippen molar-refractivity contribution >= 4 is 11.6 Å². The molecule has 17 heavy (non-hydrogen) atoms. The molecule has 0 spiro atoms. The molecule has 0 heterocycles. The summed E-state index contributed by atoms with van der Waals surface area (Å²) in [6.07, 6.45) is 0.567. The van der Waals surface area contributed by atoms with E-state index in [1.165, 1.54) is 0 Å². The Labute approximate surface area is 109 Å². The van der Waals surface area contributed by atoms with Crippen LogP contribution < -0.4 is 0 Å². The molecule has 1 rings (SSSR count). The summed E-state index contributed by atoms with van der Waals surface area (Å²) in [5.41, 5.74) is 1.13. The minimum absolute atomic E-state index is 0.567. The zero-order valence-corrected chi connectivity index (χ0v) is 11.2. The molecule has 3 heteroatoms. The minimum atomic E-state index is 0.567. The summed E-state index contributed by atoms with van der Waals surface area (Å²) in [7, 11) is 0. The van der Waals surface area contributed by atoms with E-state index in [0.29, 0.717) is 12.3 Å². The van der Waals surface area contributed by atoms with Crippen molar-refractivity contribution in [1.82, 2.24) is 4.90 Å². The minimum Gasteiger partial charge on any atom is -0.298 e. The maximum atomic E-state index is 8.67. The average molecular weight is 251 g/mol. The molecule has 2 nitrogen and oxygen atoms in total. The summed E-state index contributed by atoms with van der Waals surface area (Å²) in [4.78, 5) is 2.29. The van der Waals surface area contributed by atoms with Crippen molar-refractivity contribution < 1.29 is 0 Å². The second-order valence-electron chi connectivity index (χ2n) is 4.63. The Hall–Kier alpha value is -1.04. The van der Waals surface area contributed by atoms with Gasteiger partial charge in [0.1, 0.15) is 0 Å². The lowest BCUT2D eigenvalue weighted by Gasteiger charge is -2.23. The predicted octanol–water partition coefficient (Wildman–Crippen LogP) is 3.71. The topological polar surface area (TPSA) is 27.0 Å². The molecule has 0 aliphatic rings. The molecule has 0 aliphatic heterocycles. The molecule has 0 fully saturated rings. The van der Waals surface area contributed by atoms with Gasteiger partial charge in [-0.25, -0.2) is 0 Å². The molecule has 0 saturated carbocycles. The number of hydrogen-bond donors (Lipinski definition) is 0. The third-order valence-corrected chi connectivity index (χ3v) is 2.88. The van der Waals surface area contributed by atoms with Gasteiger partial charge in [-0.2, -0.15) is 5.26 Å². The van der Waals surface area contributed by atoms with Crippen LogP contribution in [0, 0.1) is 17.2 Å². The normalized spacial score (nSPS) is 10.8. The van der Waals surface area contributed by atoms with Crippen molar-refractivity contribution in [2.45, 2.75) is 26.8 Å². The van der Waals surface area contributed by atoms with Crippen molar-refractivity contribution in [1.29, 1.82) is 5.26 Å². The number of hydrogen-bond acceptors (Lipinski definition) is 2. The van der Waals surface area contributed by atoms with Gasteiger partial charge in [-0.05, 0) is 17.5 Å². The van der Waals surface area contributed by atoms with E-state index >= 15 is 0 Å². The second-order valence-corrected chi connectivity index (χ2v) is 5.04. The molecule has 0 aromatic heterocycles. The van der Waals surface area contributed by atoms with Crippen molar-refractivity contribution in [2.24, 2.45) is 5.92 Å². The van der Waals surface area contributed by atoms with Gasteiger partial charge >= 0.3 is 0 Å². The van der Waals surface area contributed by atoms with Crippen molar-refractivity contribution in [3.8, 4) is 6.07 Å². The lowest BCUT2D eigenvalue weighted by atomic mass is 10.1. The molecule has 92 valence electrons. The molecule has 0 bridgehead atoms. The van der Waals surface area contributed by atoms with Gasteiger partial charge in [0.25, 0.3) is 0 Å². The summed E-state index contributed by atoms with van der Waals surface area (Å²) in [6.45, 7) is 6.99. The van der Waals surface area contributed by atoms with E-state index in [0.717, 1.165) is 30.2 Å². The summed E-state index contributed by atoms with van der Waals surface area (Å²) in [6, 6.07) is 10.1. The van der Waals surface area contributed by atoms with E-state index in [1.807, 2.05) is 24.3 Å². The Bertz CT molecular complexity index is 382. The highest BCUT2D eigenvalue weighted by molar-refractivity contribution is 6.31. The van der Waals surface area contributed by atoms with Gasteiger partial charge in [0.15, 0.2) is 0 Å². The van der Waals surface area contributed by atoms with E-state index < -0.39 is 0 Å². The molecule has 1 aromatic carbocycles. The molecule has 0 aliphatic carbocycles. The standard InChI is InChI=1S/C14H19ClN2/c1-12(2)10-17(9-5-8-16)11-13-6-3-4-7-14(13)15/h3-4,6-7,12H,5,9-11H2,1-2H3. The molecule has 0 saturated heterocycles. The highest BCUT2D eigenvalue weighted by atomic mass is 35.5. The summed E-state index contributed by atoms with van der Waals surface area (Å²) < 4.78 is 0. The molecule has 0 radical (unpaired) electrons. The van der Waals surface area contributed by atoms with Gasteiger partial charge < -0.3 is 0 Å². The zero-order valence-electron chi connectivity index (χ0n) is 10.5. The van der Waals surface area contributed by atoms with Gasteiger partial charge in [-0.3, -0.25) is 4.90 Å². The van der Waals surface area contributed by atoms with Gasteiger partial charge in [0, 0.05) is 31.1 Å². The zero-order chi connectivity index (χ0) is 12.7. The first-order valence-electron chi connectivity index (χ1n) is 5.96. The summed E-state index contributed by atoms with van der Waals surface area (Å²) in [5, 5.41) is 9.47. The predicted molar refractivity (Wildman–Crippen MR) is 71.8 cm³/mol. The quantitative estimate of drug-likeness (QED) is 0.770. The Balaban J connectivity index is 2.65. The van der Waals surface area contributed by atoms with Gasteiger partial charge in [0.2, 0.25) is 0 Å². The molecule has 0 N–H and O–H groups in total. The highest BCUT2D eigenvalue weighted by Crippen LogP contribution is 2.17. The van der Waals surface area contributed by atoms with E-state index in [-0.39, 0.29) is 0 Å². The Morgan fingerprint density at radius 2 is 2.06 bits per heavy atom. The van der Waals surface area contributed by atoms with Crippen LogP contribution in [0.2, 0.25) is 5.02 Å². The number of halogens is 1. The van der Waals surface area contributed by atoms with E-state index in [9.17, 15) is 0 Å². The molecule has 0 amide bonds. The maximum absolute atomic E-state index is 8.67. The van der Waals surface area contributed by atoms with Crippen LogP contribution in [0.4, 0.5) is 0 Å². The Morgan fingerprint density at radius 3 is 2.65 bits per heavy atom. The van der Waals surface area contributed by atoms with Crippen LogP contribution in [-0.2, 0) is 6.54 Å². The first-order valence-corrected chi connectivity index (χ1v) is 6.34. The fourth-order valence-electron chi connectivity index (χ4n) is 1.83. The van der Waals surface area contributed by atoms with Crippen LogP contribution in [0.15, 0.2) is 24.3 Å². The molecular weight excluding hydrogens is 232 g/mol.